The monoisotopic (exact) mass is 316 g/mol. The summed E-state index contributed by atoms with van der Waals surface area (Å²) in [7, 11) is 0. The molecule has 0 bridgehead atoms. The van der Waals surface area contributed by atoms with E-state index < -0.39 is 23.6 Å². The Morgan fingerprint density at radius 1 is 1.32 bits per heavy atom. The fraction of sp³-hybridized carbons (Fsp3) is 0.417. The van der Waals surface area contributed by atoms with Gasteiger partial charge in [0, 0.05) is 5.88 Å². The first-order valence-electron chi connectivity index (χ1n) is 5.32. The summed E-state index contributed by atoms with van der Waals surface area (Å²) < 4.78 is 38.3. The van der Waals surface area contributed by atoms with Crippen molar-refractivity contribution >= 4 is 30.0 Å². The second kappa shape index (κ2) is 7.60. The minimum atomic E-state index is -4.55. The Kier molecular flexibility index (Phi) is 7.23. The Morgan fingerprint density at radius 2 is 1.89 bits per heavy atom. The third-order valence-electron chi connectivity index (χ3n) is 2.57. The van der Waals surface area contributed by atoms with Crippen molar-refractivity contribution in [3.8, 4) is 0 Å². The van der Waals surface area contributed by atoms with Gasteiger partial charge < -0.3 is 5.11 Å². The van der Waals surface area contributed by atoms with Crippen molar-refractivity contribution in [2.24, 2.45) is 0 Å². The van der Waals surface area contributed by atoms with Gasteiger partial charge in [0.05, 0.1) is 11.5 Å². The van der Waals surface area contributed by atoms with Crippen molar-refractivity contribution in [2.45, 2.75) is 24.9 Å². The zero-order valence-corrected chi connectivity index (χ0v) is 11.4. The maximum Gasteiger partial charge on any atom is 0.416 e. The average molecular weight is 317 g/mol. The second-order valence-corrected chi connectivity index (χ2v) is 4.19. The van der Waals surface area contributed by atoms with Crippen LogP contribution in [0.1, 0.15) is 29.9 Å². The largest absolute Gasteiger partial charge is 0.481 e. The molecule has 1 N–H and O–H groups in total. The van der Waals surface area contributed by atoms with Crippen molar-refractivity contribution < 1.29 is 23.1 Å². The van der Waals surface area contributed by atoms with Crippen molar-refractivity contribution in [3.63, 3.8) is 0 Å². The highest BCUT2D eigenvalue weighted by atomic mass is 35.5. The van der Waals surface area contributed by atoms with Gasteiger partial charge in [-0.15, -0.1) is 24.0 Å². The van der Waals surface area contributed by atoms with E-state index in [1.807, 2.05) is 0 Å². The number of hydrogen-bond donors (Lipinski definition) is 1. The van der Waals surface area contributed by atoms with E-state index in [0.717, 1.165) is 6.07 Å². The van der Waals surface area contributed by atoms with Crippen molar-refractivity contribution in [2.75, 3.05) is 5.88 Å². The third kappa shape index (κ3) is 4.91. The molecule has 0 heterocycles. The molecular formula is C12H13Cl2F3O2. The van der Waals surface area contributed by atoms with Crippen LogP contribution in [0.3, 0.4) is 0 Å². The van der Waals surface area contributed by atoms with Crippen LogP contribution in [-0.4, -0.2) is 17.0 Å². The number of carbonyl (C=O) groups is 1. The summed E-state index contributed by atoms with van der Waals surface area (Å²) >= 11 is 5.45. The summed E-state index contributed by atoms with van der Waals surface area (Å²) in [5.41, 5.74) is -1.10. The number of benzene rings is 1. The lowest BCUT2D eigenvalue weighted by Gasteiger charge is -2.18. The van der Waals surface area contributed by atoms with E-state index in [9.17, 15) is 18.0 Å². The Labute approximate surface area is 120 Å². The molecular weight excluding hydrogens is 304 g/mol. The van der Waals surface area contributed by atoms with Gasteiger partial charge in [0.15, 0.2) is 0 Å². The number of hydrogen-bond acceptors (Lipinski definition) is 1. The number of carboxylic acid groups (broad SMARTS) is 1. The Morgan fingerprint density at radius 3 is 2.37 bits per heavy atom. The summed E-state index contributed by atoms with van der Waals surface area (Å²) in [6, 6.07) is 4.75. The van der Waals surface area contributed by atoms with Gasteiger partial charge in [-0.1, -0.05) is 18.2 Å². The lowest BCUT2D eigenvalue weighted by atomic mass is 9.90. The zero-order valence-electron chi connectivity index (χ0n) is 9.78. The van der Waals surface area contributed by atoms with Gasteiger partial charge in [-0.05, 0) is 24.5 Å². The summed E-state index contributed by atoms with van der Waals surface area (Å²) in [5, 5.41) is 9.03. The van der Waals surface area contributed by atoms with E-state index in [0.29, 0.717) is 6.42 Å². The van der Waals surface area contributed by atoms with Crippen molar-refractivity contribution in [1.29, 1.82) is 0 Å². The summed E-state index contributed by atoms with van der Waals surface area (Å²) in [5.74, 6) is -2.23. The van der Waals surface area contributed by atoms with E-state index in [1.54, 1.807) is 0 Å². The van der Waals surface area contributed by atoms with E-state index in [1.165, 1.54) is 18.2 Å². The molecule has 0 amide bonds. The number of aliphatic carboxylic acids is 1. The molecule has 1 aromatic rings. The normalized spacial score (nSPS) is 12.6. The Balaban J connectivity index is 0.00000324. The van der Waals surface area contributed by atoms with Gasteiger partial charge in [0.25, 0.3) is 0 Å². The maximum atomic E-state index is 12.8. The summed E-state index contributed by atoms with van der Waals surface area (Å²) in [4.78, 5) is 11.1. The molecule has 0 aliphatic rings. The Bertz CT molecular complexity index is 422. The van der Waals surface area contributed by atoms with Crippen LogP contribution in [0.2, 0.25) is 0 Å². The highest BCUT2D eigenvalue weighted by Crippen LogP contribution is 2.36. The molecule has 0 saturated carbocycles. The molecule has 0 saturated heterocycles. The Hall–Kier alpha value is -0.940. The first kappa shape index (κ1) is 18.1. The quantitative estimate of drug-likeness (QED) is 0.822. The second-order valence-electron chi connectivity index (χ2n) is 3.81. The van der Waals surface area contributed by atoms with Crippen LogP contribution in [0.25, 0.3) is 0 Å². The molecule has 0 aliphatic carbocycles. The predicted molar refractivity (Wildman–Crippen MR) is 69.0 cm³/mol. The van der Waals surface area contributed by atoms with Crippen molar-refractivity contribution in [3.05, 3.63) is 35.4 Å². The molecule has 0 spiro atoms. The first-order chi connectivity index (χ1) is 8.38. The SMILES string of the molecule is Cl.O=C(O)C(CCCCl)c1ccccc1C(F)(F)F. The lowest BCUT2D eigenvalue weighted by Crippen LogP contribution is -2.18. The molecule has 0 aliphatic heterocycles. The van der Waals surface area contributed by atoms with Crippen LogP contribution in [-0.2, 0) is 11.0 Å². The molecule has 1 unspecified atom stereocenters. The van der Waals surface area contributed by atoms with Crippen LogP contribution in [0, 0.1) is 0 Å². The minimum absolute atomic E-state index is 0. The lowest BCUT2D eigenvalue weighted by molar-refractivity contribution is -0.141. The van der Waals surface area contributed by atoms with Crippen molar-refractivity contribution in [1.82, 2.24) is 0 Å². The van der Waals surface area contributed by atoms with E-state index in [-0.39, 0.29) is 30.3 Å². The summed E-state index contributed by atoms with van der Waals surface area (Å²) in [6.45, 7) is 0. The number of alkyl halides is 4. The van der Waals surface area contributed by atoms with Gasteiger partial charge in [-0.3, -0.25) is 4.79 Å². The van der Waals surface area contributed by atoms with Gasteiger partial charge in [-0.25, -0.2) is 0 Å². The van der Waals surface area contributed by atoms with Crippen LogP contribution in [0.5, 0.6) is 0 Å². The third-order valence-corrected chi connectivity index (χ3v) is 2.83. The zero-order chi connectivity index (χ0) is 13.8. The van der Waals surface area contributed by atoms with Crippen LogP contribution in [0.15, 0.2) is 24.3 Å². The fourth-order valence-corrected chi connectivity index (χ4v) is 1.91. The molecule has 108 valence electrons. The van der Waals surface area contributed by atoms with E-state index in [2.05, 4.69) is 0 Å². The van der Waals surface area contributed by atoms with Crippen LogP contribution < -0.4 is 0 Å². The molecule has 1 atom stereocenters. The standard InChI is InChI=1S/C12H12ClF3O2.ClH/c13-7-3-5-9(11(17)18)8-4-1-2-6-10(8)12(14,15)16;/h1-2,4,6,9H,3,5,7H2,(H,17,18);1H. The minimum Gasteiger partial charge on any atom is -0.481 e. The van der Waals surface area contributed by atoms with Gasteiger partial charge in [-0.2, -0.15) is 13.2 Å². The molecule has 1 aromatic carbocycles. The highest BCUT2D eigenvalue weighted by Gasteiger charge is 2.36. The predicted octanol–water partition coefficient (Wildman–Crippen LogP) is 4.31. The van der Waals surface area contributed by atoms with Gasteiger partial charge >= 0.3 is 12.1 Å². The van der Waals surface area contributed by atoms with Crippen LogP contribution in [0.4, 0.5) is 13.2 Å². The molecule has 1 rings (SSSR count). The molecule has 2 nitrogen and oxygen atoms in total. The van der Waals surface area contributed by atoms with E-state index >= 15 is 0 Å². The van der Waals surface area contributed by atoms with E-state index in [4.69, 9.17) is 16.7 Å². The van der Waals surface area contributed by atoms with Crippen LogP contribution >= 0.6 is 24.0 Å². The number of carboxylic acids is 1. The average Bonchev–Trinajstić information content (AvgIpc) is 2.28. The highest BCUT2D eigenvalue weighted by molar-refractivity contribution is 6.17. The smallest absolute Gasteiger partial charge is 0.416 e. The molecule has 0 fully saturated rings. The summed E-state index contributed by atoms with van der Waals surface area (Å²) in [6.07, 6.45) is -4.11. The maximum absolute atomic E-state index is 12.8. The first-order valence-corrected chi connectivity index (χ1v) is 5.86. The fourth-order valence-electron chi connectivity index (χ4n) is 1.75. The molecule has 0 aromatic heterocycles. The topological polar surface area (TPSA) is 37.3 Å². The molecule has 0 radical (unpaired) electrons. The van der Waals surface area contributed by atoms with Gasteiger partial charge in [0.1, 0.15) is 0 Å². The molecule has 7 heteroatoms. The van der Waals surface area contributed by atoms with Gasteiger partial charge in [0.2, 0.25) is 0 Å². The number of rotatable bonds is 5. The number of halogens is 5. The molecule has 19 heavy (non-hydrogen) atoms.